The summed E-state index contributed by atoms with van der Waals surface area (Å²) in [5.74, 6) is -0.802. The van der Waals surface area contributed by atoms with Gasteiger partial charge < -0.3 is 15.8 Å². The lowest BCUT2D eigenvalue weighted by Crippen LogP contribution is -2.55. The number of hydrogen-bond acceptors (Lipinski definition) is 8. The fourth-order valence-corrected chi connectivity index (χ4v) is 6.82. The van der Waals surface area contributed by atoms with Crippen LogP contribution in [0, 0.1) is 10.8 Å². The van der Waals surface area contributed by atoms with Crippen LogP contribution in [-0.2, 0) is 9.53 Å². The van der Waals surface area contributed by atoms with Gasteiger partial charge in [0.1, 0.15) is 12.9 Å². The number of nitrogens with two attached hydrogens (primary N) is 1. The first-order valence-electron chi connectivity index (χ1n) is 16.3. The molecule has 3 heterocycles. The summed E-state index contributed by atoms with van der Waals surface area (Å²) in [6.07, 6.45) is 10.5. The van der Waals surface area contributed by atoms with E-state index in [1.165, 1.54) is 29.4 Å². The van der Waals surface area contributed by atoms with Gasteiger partial charge in [0.2, 0.25) is 0 Å². The van der Waals surface area contributed by atoms with Crippen molar-refractivity contribution in [1.82, 2.24) is 34.8 Å². The van der Waals surface area contributed by atoms with Crippen LogP contribution in [-0.4, -0.2) is 65.6 Å². The third-order valence-electron chi connectivity index (χ3n) is 9.32. The zero-order valence-electron chi connectivity index (χ0n) is 28.4. The normalized spacial score (nSPS) is 22.8. The van der Waals surface area contributed by atoms with Gasteiger partial charge in [0.05, 0.1) is 17.3 Å². The van der Waals surface area contributed by atoms with Crippen LogP contribution in [0.2, 0.25) is 5.02 Å². The number of amides is 2. The van der Waals surface area contributed by atoms with Crippen LogP contribution in [0.15, 0.2) is 60.1 Å². The minimum atomic E-state index is -3.01. The van der Waals surface area contributed by atoms with Crippen molar-refractivity contribution in [2.75, 3.05) is 6.61 Å². The highest BCUT2D eigenvalue weighted by molar-refractivity contribution is 6.33. The van der Waals surface area contributed by atoms with Crippen LogP contribution < -0.4 is 11.1 Å². The minimum absolute atomic E-state index is 0.000947. The second kappa shape index (κ2) is 13.4. The third-order valence-corrected chi connectivity index (χ3v) is 9.65. The first-order valence-corrected chi connectivity index (χ1v) is 16.7. The van der Waals surface area contributed by atoms with Crippen molar-refractivity contribution in [3.05, 3.63) is 71.3 Å². The van der Waals surface area contributed by atoms with Crippen LogP contribution in [0.3, 0.4) is 0 Å². The summed E-state index contributed by atoms with van der Waals surface area (Å²) in [4.78, 5) is 38.0. The number of aliphatic imine (C=N–C) groups is 1. The summed E-state index contributed by atoms with van der Waals surface area (Å²) < 4.78 is 60.7. The van der Waals surface area contributed by atoms with Gasteiger partial charge in [-0.3, -0.25) is 9.69 Å². The Bertz CT molecular complexity index is 1920. The van der Waals surface area contributed by atoms with Gasteiger partial charge in [0.25, 0.3) is 5.91 Å². The maximum absolute atomic E-state index is 15.1. The van der Waals surface area contributed by atoms with Crippen LogP contribution in [0.25, 0.3) is 17.0 Å². The van der Waals surface area contributed by atoms with Crippen LogP contribution >= 0.6 is 11.6 Å². The van der Waals surface area contributed by atoms with E-state index in [0.29, 0.717) is 32.5 Å². The molecule has 1 saturated carbocycles. The van der Waals surface area contributed by atoms with E-state index in [9.17, 15) is 22.4 Å². The molecule has 51 heavy (non-hydrogen) atoms. The highest BCUT2D eigenvalue weighted by Gasteiger charge is 2.60. The first kappa shape index (κ1) is 36.1. The molecule has 2 aromatic heterocycles. The molecule has 12 nitrogen and oxygen atoms in total. The maximum atomic E-state index is 15.1. The summed E-state index contributed by atoms with van der Waals surface area (Å²) in [6.45, 7) is 1.64. The lowest BCUT2D eigenvalue weighted by atomic mass is 9.61. The van der Waals surface area contributed by atoms with E-state index in [1.807, 2.05) is 39.8 Å². The standard InChI is InChI=1S/C34H38ClF4N9O3/c1-32(2,3)17-34(33(4)11-9-19(10-12-33)21-14-42-46(15-21)28(36)37)27(49)47(30(40)45-34)25(16-51-31(50)44-22-6-7-22)20-5-8-24(35)23(13-20)26-41-18-43-48(26)29(38)39/h5,8-11,13-15,18,22,25,28-29H,6-7,12,16-17H2,1-4H3,(H2,40,45)(H,44,50)/t25-,33?,34+/m1/s1. The zero-order valence-corrected chi connectivity index (χ0v) is 29.1. The molecule has 1 aliphatic heterocycles. The molecule has 1 unspecified atom stereocenters. The van der Waals surface area contributed by atoms with Crippen molar-refractivity contribution >= 4 is 35.1 Å². The van der Waals surface area contributed by atoms with Gasteiger partial charge in [0, 0.05) is 28.8 Å². The lowest BCUT2D eigenvalue weighted by Gasteiger charge is -2.45. The maximum Gasteiger partial charge on any atom is 0.407 e. The first-order chi connectivity index (χ1) is 24.0. The molecule has 3 N–H and O–H groups in total. The average molecular weight is 732 g/mol. The molecule has 0 bridgehead atoms. The van der Waals surface area contributed by atoms with E-state index in [-0.39, 0.29) is 41.4 Å². The fourth-order valence-electron chi connectivity index (χ4n) is 6.62. The number of guanidine groups is 1. The molecule has 0 spiro atoms. The quantitative estimate of drug-likeness (QED) is 0.204. The Balaban J connectivity index is 1.39. The molecule has 6 rings (SSSR count). The van der Waals surface area contributed by atoms with E-state index in [0.717, 1.165) is 19.2 Å². The molecule has 1 fully saturated rings. The van der Waals surface area contributed by atoms with Crippen molar-refractivity contribution in [2.24, 2.45) is 21.6 Å². The highest BCUT2D eigenvalue weighted by Crippen LogP contribution is 2.53. The number of carbonyl (C=O) groups excluding carboxylic acids is 2. The number of alkyl halides is 4. The summed E-state index contributed by atoms with van der Waals surface area (Å²) in [6, 6.07) is 3.48. The molecular weight excluding hydrogens is 694 g/mol. The Morgan fingerprint density at radius 3 is 2.53 bits per heavy atom. The SMILES string of the molecule is CC(C)(C)C[C@]1(C2(C)C=CC(c3cnn(C(F)F)c3)=CC2)N=C(N)N([C@H](COC(=O)NC2CC2)c2ccc(Cl)c(-c3ncnn3C(F)F)c2)C1=O. The number of allylic oxidation sites excluding steroid dienone is 3. The number of alkyl carbamates (subject to hydrolysis) is 1. The Hall–Kier alpha value is -4.73. The fraction of sp³-hybridized carbons (Fsp3) is 0.471. The van der Waals surface area contributed by atoms with Gasteiger partial charge in [-0.05, 0) is 54.4 Å². The summed E-state index contributed by atoms with van der Waals surface area (Å²) >= 11 is 6.48. The van der Waals surface area contributed by atoms with Gasteiger partial charge in [-0.1, -0.05) is 63.6 Å². The van der Waals surface area contributed by atoms with Crippen molar-refractivity contribution in [3.8, 4) is 11.4 Å². The van der Waals surface area contributed by atoms with Gasteiger partial charge in [-0.2, -0.15) is 32.4 Å². The molecule has 0 saturated heterocycles. The Morgan fingerprint density at radius 2 is 1.92 bits per heavy atom. The predicted octanol–water partition coefficient (Wildman–Crippen LogP) is 6.90. The number of ether oxygens (including phenoxy) is 1. The largest absolute Gasteiger partial charge is 0.447 e. The molecule has 272 valence electrons. The number of nitrogens with zero attached hydrogens (tertiary/aromatic N) is 7. The molecule has 17 heteroatoms. The zero-order chi connectivity index (χ0) is 36.9. The molecule has 2 aliphatic carbocycles. The topological polar surface area (TPSA) is 146 Å². The third kappa shape index (κ3) is 7.10. The van der Waals surface area contributed by atoms with Crippen molar-refractivity contribution in [2.45, 2.75) is 84.1 Å². The van der Waals surface area contributed by atoms with Crippen LogP contribution in [0.4, 0.5) is 22.4 Å². The van der Waals surface area contributed by atoms with E-state index >= 15 is 4.79 Å². The van der Waals surface area contributed by atoms with Crippen molar-refractivity contribution in [1.29, 1.82) is 0 Å². The monoisotopic (exact) mass is 731 g/mol. The average Bonchev–Trinajstić information content (AvgIpc) is 3.42. The molecule has 2 amide bonds. The number of benzene rings is 1. The Morgan fingerprint density at radius 1 is 1.18 bits per heavy atom. The van der Waals surface area contributed by atoms with Gasteiger partial charge in [0.15, 0.2) is 17.3 Å². The number of rotatable bonds is 11. The van der Waals surface area contributed by atoms with Crippen molar-refractivity contribution in [3.63, 3.8) is 0 Å². The molecular formula is C34H38ClF4N9O3. The minimum Gasteiger partial charge on any atom is -0.447 e. The van der Waals surface area contributed by atoms with Gasteiger partial charge in [-0.15, -0.1) is 0 Å². The molecule has 0 radical (unpaired) electrons. The van der Waals surface area contributed by atoms with E-state index in [1.54, 1.807) is 12.1 Å². The molecule has 1 aromatic carbocycles. The van der Waals surface area contributed by atoms with E-state index in [2.05, 4.69) is 20.5 Å². The van der Waals surface area contributed by atoms with E-state index < -0.39 is 47.5 Å². The second-order valence-electron chi connectivity index (χ2n) is 14.4. The smallest absolute Gasteiger partial charge is 0.407 e. The second-order valence-corrected chi connectivity index (χ2v) is 14.8. The van der Waals surface area contributed by atoms with Crippen LogP contribution in [0.5, 0.6) is 0 Å². The number of aromatic nitrogens is 5. The number of halogens is 5. The van der Waals surface area contributed by atoms with Gasteiger partial charge >= 0.3 is 19.2 Å². The summed E-state index contributed by atoms with van der Waals surface area (Å²) in [7, 11) is 0. The van der Waals surface area contributed by atoms with Gasteiger partial charge in [-0.25, -0.2) is 19.5 Å². The van der Waals surface area contributed by atoms with E-state index in [4.69, 9.17) is 27.1 Å². The molecule has 3 atom stereocenters. The highest BCUT2D eigenvalue weighted by atomic mass is 35.5. The Kier molecular flexibility index (Phi) is 9.50. The molecule has 3 aliphatic rings. The Labute approximate surface area is 296 Å². The number of nitrogens with one attached hydrogen (secondary N) is 1. The van der Waals surface area contributed by atoms with Crippen LogP contribution in [0.1, 0.15) is 83.6 Å². The summed E-state index contributed by atoms with van der Waals surface area (Å²) in [5, 5.41) is 10.2. The lowest BCUT2D eigenvalue weighted by molar-refractivity contribution is -0.138. The molecule has 3 aromatic rings. The number of hydrogen-bond donors (Lipinski definition) is 2. The number of carbonyl (C=O) groups is 2. The summed E-state index contributed by atoms with van der Waals surface area (Å²) in [5.41, 5.74) is 5.42. The van der Waals surface area contributed by atoms with Crippen molar-refractivity contribution < 1.29 is 31.9 Å². The predicted molar refractivity (Wildman–Crippen MR) is 181 cm³/mol.